The minimum atomic E-state index is -1.00. The molecule has 2 unspecified atom stereocenters. The maximum Gasteiger partial charge on any atom is 0.273 e. The van der Waals surface area contributed by atoms with E-state index in [1.165, 1.54) is 0 Å². The fraction of sp³-hybridized carbons (Fsp3) is 0.130. The van der Waals surface area contributed by atoms with Crippen LogP contribution >= 0.6 is 0 Å². The summed E-state index contributed by atoms with van der Waals surface area (Å²) in [6.07, 6.45) is 0.592. The number of amides is 2. The molecule has 31 heavy (non-hydrogen) atoms. The van der Waals surface area contributed by atoms with Crippen LogP contribution in [0.1, 0.15) is 34.8 Å². The molecule has 0 saturated carbocycles. The Morgan fingerprint density at radius 2 is 1.74 bits per heavy atom. The van der Waals surface area contributed by atoms with Crippen LogP contribution in [0.25, 0.3) is 10.9 Å². The van der Waals surface area contributed by atoms with Gasteiger partial charge >= 0.3 is 0 Å². The zero-order chi connectivity index (χ0) is 21.8. The number of aromatic amines is 1. The van der Waals surface area contributed by atoms with Crippen LogP contribution in [0.3, 0.4) is 0 Å². The zero-order valence-electron chi connectivity index (χ0n) is 16.7. The van der Waals surface area contributed by atoms with Gasteiger partial charge in [0.15, 0.2) is 5.69 Å². The van der Waals surface area contributed by atoms with Crippen molar-refractivity contribution < 1.29 is 14.7 Å². The van der Waals surface area contributed by atoms with Crippen molar-refractivity contribution in [3.8, 4) is 0 Å². The fourth-order valence-electron chi connectivity index (χ4n) is 3.25. The Hall–Kier alpha value is -4.04. The van der Waals surface area contributed by atoms with Gasteiger partial charge in [-0.15, -0.1) is 0 Å². The number of anilines is 1. The molecule has 0 saturated heterocycles. The number of para-hydroxylation sites is 2. The number of rotatable bonds is 6. The maximum atomic E-state index is 12.7. The van der Waals surface area contributed by atoms with Gasteiger partial charge < -0.3 is 15.7 Å². The van der Waals surface area contributed by atoms with Gasteiger partial charge in [0, 0.05) is 22.8 Å². The fourth-order valence-corrected chi connectivity index (χ4v) is 3.25. The van der Waals surface area contributed by atoms with Crippen LogP contribution in [-0.4, -0.2) is 38.1 Å². The topological polar surface area (TPSA) is 120 Å². The molecular weight excluding hydrogens is 394 g/mol. The summed E-state index contributed by atoms with van der Waals surface area (Å²) in [7, 11) is 0. The number of hydrogen-bond donors (Lipinski definition) is 4. The molecule has 8 nitrogen and oxygen atoms in total. The molecule has 0 spiro atoms. The summed E-state index contributed by atoms with van der Waals surface area (Å²) in [5.41, 5.74) is 2.38. The summed E-state index contributed by atoms with van der Waals surface area (Å²) in [6.45, 7) is 1.58. The lowest BCUT2D eigenvalue weighted by atomic mass is 10.0. The van der Waals surface area contributed by atoms with Crippen molar-refractivity contribution in [1.29, 1.82) is 0 Å². The van der Waals surface area contributed by atoms with Crippen LogP contribution in [0.2, 0.25) is 0 Å². The molecule has 8 heteroatoms. The Morgan fingerprint density at radius 3 is 2.55 bits per heavy atom. The molecule has 0 aliphatic heterocycles. The Morgan fingerprint density at radius 1 is 1.00 bits per heavy atom. The molecular formula is C23H21N5O3. The quantitative estimate of drug-likeness (QED) is 0.386. The predicted molar refractivity (Wildman–Crippen MR) is 116 cm³/mol. The minimum absolute atomic E-state index is 0.223. The van der Waals surface area contributed by atoms with Crippen LogP contribution in [0.5, 0.6) is 0 Å². The SMILES string of the molecule is CC(NC(=O)c1n[nH]c2ccccc12)C(=O)Nc1ccccc1C(O)c1ccccn1. The highest BCUT2D eigenvalue weighted by Gasteiger charge is 2.22. The lowest BCUT2D eigenvalue weighted by molar-refractivity contribution is -0.117. The third kappa shape index (κ3) is 4.29. The molecule has 2 atom stereocenters. The summed E-state index contributed by atoms with van der Waals surface area (Å²) in [5.74, 6) is -0.879. The molecule has 4 rings (SSSR count). The van der Waals surface area contributed by atoms with Crippen LogP contribution in [0.15, 0.2) is 72.9 Å². The number of hydrogen-bond acceptors (Lipinski definition) is 5. The van der Waals surface area contributed by atoms with Gasteiger partial charge in [-0.2, -0.15) is 5.10 Å². The highest BCUT2D eigenvalue weighted by atomic mass is 16.3. The van der Waals surface area contributed by atoms with Crippen molar-refractivity contribution in [2.75, 3.05) is 5.32 Å². The standard InChI is InChI=1S/C23H21N5O3/c1-14(25-23(31)20-15-8-2-5-11-18(15)27-28-20)22(30)26-17-10-4-3-9-16(17)21(29)19-12-6-7-13-24-19/h2-14,21,29H,1H3,(H,25,31)(H,26,30)(H,27,28). The number of pyridine rings is 1. The van der Waals surface area contributed by atoms with Gasteiger partial charge in [0.25, 0.3) is 5.91 Å². The van der Waals surface area contributed by atoms with E-state index in [-0.39, 0.29) is 5.69 Å². The van der Waals surface area contributed by atoms with E-state index in [0.717, 1.165) is 5.52 Å². The molecule has 4 N–H and O–H groups in total. The van der Waals surface area contributed by atoms with E-state index in [0.29, 0.717) is 22.3 Å². The lowest BCUT2D eigenvalue weighted by Gasteiger charge is -2.18. The van der Waals surface area contributed by atoms with Crippen molar-refractivity contribution in [2.24, 2.45) is 0 Å². The minimum Gasteiger partial charge on any atom is -0.382 e. The predicted octanol–water partition coefficient (Wildman–Crippen LogP) is 2.80. The number of benzene rings is 2. The van der Waals surface area contributed by atoms with Gasteiger partial charge in [0.05, 0.1) is 11.2 Å². The first-order valence-electron chi connectivity index (χ1n) is 9.77. The normalized spacial score (nSPS) is 12.8. The van der Waals surface area contributed by atoms with E-state index in [1.54, 1.807) is 61.7 Å². The smallest absolute Gasteiger partial charge is 0.273 e. The highest BCUT2D eigenvalue weighted by molar-refractivity contribution is 6.07. The summed E-state index contributed by atoms with van der Waals surface area (Å²) in [6, 6.07) is 18.6. The molecule has 2 aromatic heterocycles. The lowest BCUT2D eigenvalue weighted by Crippen LogP contribution is -2.42. The second-order valence-electron chi connectivity index (χ2n) is 7.05. The number of nitrogens with zero attached hydrogens (tertiary/aromatic N) is 2. The number of H-pyrrole nitrogens is 1. The van der Waals surface area contributed by atoms with Gasteiger partial charge in [-0.1, -0.05) is 42.5 Å². The first kappa shape index (κ1) is 20.2. The third-order valence-corrected chi connectivity index (χ3v) is 4.91. The Kier molecular flexibility index (Phi) is 5.72. The molecule has 4 aromatic rings. The van der Waals surface area contributed by atoms with Crippen LogP contribution in [0.4, 0.5) is 5.69 Å². The maximum absolute atomic E-state index is 12.7. The van der Waals surface area contributed by atoms with Gasteiger partial charge in [-0.3, -0.25) is 19.7 Å². The Balaban J connectivity index is 1.48. The van der Waals surface area contributed by atoms with E-state index < -0.39 is 24.0 Å². The molecule has 0 aliphatic carbocycles. The van der Waals surface area contributed by atoms with Gasteiger partial charge in [-0.05, 0) is 31.2 Å². The highest BCUT2D eigenvalue weighted by Crippen LogP contribution is 2.27. The number of aliphatic hydroxyl groups excluding tert-OH is 1. The second-order valence-corrected chi connectivity index (χ2v) is 7.05. The van der Waals surface area contributed by atoms with Crippen molar-refractivity contribution in [3.63, 3.8) is 0 Å². The average molecular weight is 415 g/mol. The number of aromatic nitrogens is 3. The first-order valence-corrected chi connectivity index (χ1v) is 9.77. The van der Waals surface area contributed by atoms with Gasteiger partial charge in [0.2, 0.25) is 5.91 Å². The number of nitrogens with one attached hydrogen (secondary N) is 3. The van der Waals surface area contributed by atoms with Crippen LogP contribution in [0, 0.1) is 0 Å². The molecule has 2 aromatic carbocycles. The van der Waals surface area contributed by atoms with E-state index in [2.05, 4.69) is 25.8 Å². The number of carbonyl (C=O) groups excluding carboxylic acids is 2. The Bertz CT molecular complexity index is 1220. The number of aliphatic hydroxyl groups is 1. The molecule has 0 radical (unpaired) electrons. The summed E-state index contributed by atoms with van der Waals surface area (Å²) >= 11 is 0. The largest absolute Gasteiger partial charge is 0.382 e. The van der Waals surface area contributed by atoms with Crippen LogP contribution in [-0.2, 0) is 4.79 Å². The monoisotopic (exact) mass is 415 g/mol. The molecule has 0 aliphatic rings. The molecule has 2 heterocycles. The molecule has 0 bridgehead atoms. The van der Waals surface area contributed by atoms with E-state index in [4.69, 9.17) is 0 Å². The van der Waals surface area contributed by atoms with E-state index in [1.807, 2.05) is 18.2 Å². The van der Waals surface area contributed by atoms with Gasteiger partial charge in [0.1, 0.15) is 12.1 Å². The molecule has 156 valence electrons. The van der Waals surface area contributed by atoms with Crippen molar-refractivity contribution in [3.05, 3.63) is 89.9 Å². The van der Waals surface area contributed by atoms with Crippen molar-refractivity contribution in [2.45, 2.75) is 19.1 Å². The average Bonchev–Trinajstić information content (AvgIpc) is 3.24. The molecule has 0 fully saturated rings. The third-order valence-electron chi connectivity index (χ3n) is 4.91. The van der Waals surface area contributed by atoms with E-state index >= 15 is 0 Å². The number of fused-ring (bicyclic) bond motifs is 1. The van der Waals surface area contributed by atoms with Gasteiger partial charge in [-0.25, -0.2) is 0 Å². The van der Waals surface area contributed by atoms with E-state index in [9.17, 15) is 14.7 Å². The Labute approximate surface area is 178 Å². The number of carbonyl (C=O) groups is 2. The summed E-state index contributed by atoms with van der Waals surface area (Å²) in [5, 5.41) is 23.7. The first-order chi connectivity index (χ1) is 15.0. The summed E-state index contributed by atoms with van der Waals surface area (Å²) in [4.78, 5) is 29.5. The molecule has 2 amide bonds. The van der Waals surface area contributed by atoms with Crippen molar-refractivity contribution >= 4 is 28.4 Å². The zero-order valence-corrected chi connectivity index (χ0v) is 16.7. The van der Waals surface area contributed by atoms with Crippen LogP contribution < -0.4 is 10.6 Å². The van der Waals surface area contributed by atoms with Crippen molar-refractivity contribution in [1.82, 2.24) is 20.5 Å². The summed E-state index contributed by atoms with van der Waals surface area (Å²) < 4.78 is 0. The second kappa shape index (κ2) is 8.76.